The fourth-order valence-corrected chi connectivity index (χ4v) is 2.01. The third-order valence-corrected chi connectivity index (χ3v) is 3.00. The Morgan fingerprint density at radius 1 is 1.21 bits per heavy atom. The Kier molecular flexibility index (Phi) is 4.24. The van der Waals surface area contributed by atoms with E-state index in [0.717, 1.165) is 11.3 Å². The molecule has 2 N–H and O–H groups in total. The summed E-state index contributed by atoms with van der Waals surface area (Å²) in [5.74, 6) is 0.716. The number of aromatic hydroxyl groups is 1. The molecule has 0 heterocycles. The van der Waals surface area contributed by atoms with Crippen molar-refractivity contribution in [1.82, 2.24) is 0 Å². The van der Waals surface area contributed by atoms with Gasteiger partial charge in [0.05, 0.1) is 10.7 Å². The first kappa shape index (κ1) is 13.6. The van der Waals surface area contributed by atoms with Crippen molar-refractivity contribution in [3.05, 3.63) is 53.1 Å². The molecule has 3 nitrogen and oxygen atoms in total. The molecule has 0 saturated heterocycles. The van der Waals surface area contributed by atoms with E-state index in [1.165, 1.54) is 12.1 Å². The summed E-state index contributed by atoms with van der Waals surface area (Å²) in [5, 5.41) is 12.9. The Morgan fingerprint density at radius 2 is 1.89 bits per heavy atom. The topological polar surface area (TPSA) is 41.5 Å². The molecule has 0 aromatic heterocycles. The van der Waals surface area contributed by atoms with Gasteiger partial charge in [-0.25, -0.2) is 0 Å². The maximum absolute atomic E-state index is 9.18. The van der Waals surface area contributed by atoms with Gasteiger partial charge in [-0.15, -0.1) is 0 Å². The molecule has 0 spiro atoms. The maximum Gasteiger partial charge on any atom is 0.266 e. The average molecular weight is 294 g/mol. The number of phenolic OH excluding ortho intramolecular Hbond substituents is 1. The van der Waals surface area contributed by atoms with Crippen molar-refractivity contribution in [3.8, 4) is 11.5 Å². The van der Waals surface area contributed by atoms with Crippen molar-refractivity contribution in [2.75, 3.05) is 5.32 Å². The van der Waals surface area contributed by atoms with E-state index in [-0.39, 0.29) is 10.9 Å². The van der Waals surface area contributed by atoms with Crippen molar-refractivity contribution in [2.45, 2.75) is 6.92 Å². The van der Waals surface area contributed by atoms with Crippen LogP contribution in [0.2, 0.25) is 5.02 Å². The molecule has 0 unspecified atom stereocenters. The number of ether oxygens (including phenoxy) is 1. The summed E-state index contributed by atoms with van der Waals surface area (Å²) in [7, 11) is 0. The van der Waals surface area contributed by atoms with Crippen LogP contribution in [0, 0.1) is 6.92 Å². The van der Waals surface area contributed by atoms with Crippen LogP contribution in [0.25, 0.3) is 0 Å². The molecule has 0 aliphatic carbocycles. The largest absolute Gasteiger partial charge is 0.508 e. The van der Waals surface area contributed by atoms with Crippen LogP contribution in [0.15, 0.2) is 42.5 Å². The zero-order valence-corrected chi connectivity index (χ0v) is 11.8. The first-order valence-electron chi connectivity index (χ1n) is 5.59. The highest BCUT2D eigenvalue weighted by Gasteiger charge is 2.07. The molecule has 98 valence electrons. The SMILES string of the molecule is Cc1cccc(Cl)c1NC(=S)Oc1ccc(O)cc1. The van der Waals surface area contributed by atoms with E-state index in [4.69, 9.17) is 28.6 Å². The van der Waals surface area contributed by atoms with Crippen molar-refractivity contribution in [3.63, 3.8) is 0 Å². The van der Waals surface area contributed by atoms with Crippen LogP contribution >= 0.6 is 23.8 Å². The van der Waals surface area contributed by atoms with Crippen molar-refractivity contribution in [2.24, 2.45) is 0 Å². The predicted molar refractivity (Wildman–Crippen MR) is 81.1 cm³/mol. The third-order valence-electron chi connectivity index (χ3n) is 2.50. The van der Waals surface area contributed by atoms with E-state index in [9.17, 15) is 5.11 Å². The highest BCUT2D eigenvalue weighted by Crippen LogP contribution is 2.25. The predicted octanol–water partition coefficient (Wildman–Crippen LogP) is 4.13. The molecule has 5 heteroatoms. The van der Waals surface area contributed by atoms with Crippen LogP contribution < -0.4 is 10.1 Å². The molecule has 0 radical (unpaired) electrons. The molecular formula is C14H12ClNO2S. The number of aryl methyl sites for hydroxylation is 1. The van der Waals surface area contributed by atoms with E-state index in [2.05, 4.69) is 5.32 Å². The summed E-state index contributed by atoms with van der Waals surface area (Å²) < 4.78 is 5.43. The van der Waals surface area contributed by atoms with Gasteiger partial charge in [0.25, 0.3) is 5.17 Å². The van der Waals surface area contributed by atoms with Crippen molar-refractivity contribution >= 4 is 34.7 Å². The lowest BCUT2D eigenvalue weighted by molar-refractivity contribution is 0.473. The Balaban J connectivity index is 2.07. The van der Waals surface area contributed by atoms with Gasteiger partial charge in [-0.05, 0) is 55.0 Å². The number of rotatable bonds is 2. The lowest BCUT2D eigenvalue weighted by atomic mass is 10.2. The number of para-hydroxylation sites is 1. The summed E-state index contributed by atoms with van der Waals surface area (Å²) in [6.45, 7) is 1.93. The van der Waals surface area contributed by atoms with E-state index in [0.29, 0.717) is 10.8 Å². The van der Waals surface area contributed by atoms with E-state index < -0.39 is 0 Å². The molecule has 0 bridgehead atoms. The van der Waals surface area contributed by atoms with Gasteiger partial charge in [0.2, 0.25) is 0 Å². The Hall–Kier alpha value is -1.78. The van der Waals surface area contributed by atoms with Crippen LogP contribution in [0.5, 0.6) is 11.5 Å². The van der Waals surface area contributed by atoms with Crippen LogP contribution in [-0.4, -0.2) is 10.3 Å². The van der Waals surface area contributed by atoms with Crippen LogP contribution in [-0.2, 0) is 0 Å². The Morgan fingerprint density at radius 3 is 2.53 bits per heavy atom. The molecule has 0 fully saturated rings. The number of nitrogens with one attached hydrogen (secondary N) is 1. The molecule has 0 aliphatic heterocycles. The molecule has 0 saturated carbocycles. The second-order valence-electron chi connectivity index (χ2n) is 3.94. The fourth-order valence-electron chi connectivity index (χ4n) is 1.54. The van der Waals surface area contributed by atoms with Gasteiger partial charge in [0.15, 0.2) is 0 Å². The first-order chi connectivity index (χ1) is 9.06. The number of hydrogen-bond donors (Lipinski definition) is 2. The minimum atomic E-state index is 0.174. The Bertz CT molecular complexity index is 579. The zero-order chi connectivity index (χ0) is 13.8. The second-order valence-corrected chi connectivity index (χ2v) is 4.72. The summed E-state index contributed by atoms with van der Waals surface area (Å²) in [5.41, 5.74) is 1.71. The number of benzene rings is 2. The molecule has 0 amide bonds. The van der Waals surface area contributed by atoms with Gasteiger partial charge < -0.3 is 15.2 Å². The van der Waals surface area contributed by atoms with Gasteiger partial charge in [0, 0.05) is 0 Å². The number of anilines is 1. The van der Waals surface area contributed by atoms with Gasteiger partial charge in [0.1, 0.15) is 11.5 Å². The second kappa shape index (κ2) is 5.91. The third kappa shape index (κ3) is 3.59. The lowest BCUT2D eigenvalue weighted by Gasteiger charge is -2.12. The van der Waals surface area contributed by atoms with Gasteiger partial charge in [-0.1, -0.05) is 23.7 Å². The smallest absolute Gasteiger partial charge is 0.266 e. The van der Waals surface area contributed by atoms with Gasteiger partial charge >= 0.3 is 0 Å². The number of hydrogen-bond acceptors (Lipinski definition) is 3. The minimum absolute atomic E-state index is 0.174. The van der Waals surface area contributed by atoms with Crippen LogP contribution in [0.3, 0.4) is 0 Å². The van der Waals surface area contributed by atoms with Gasteiger partial charge in [-0.2, -0.15) is 0 Å². The summed E-state index contributed by atoms with van der Waals surface area (Å²) in [4.78, 5) is 0. The normalized spacial score (nSPS) is 10.0. The average Bonchev–Trinajstić information content (AvgIpc) is 2.37. The molecule has 2 rings (SSSR count). The summed E-state index contributed by atoms with van der Waals surface area (Å²) >= 11 is 11.2. The van der Waals surface area contributed by atoms with E-state index in [1.807, 2.05) is 19.1 Å². The molecule has 2 aromatic carbocycles. The molecule has 0 aliphatic rings. The van der Waals surface area contributed by atoms with Gasteiger partial charge in [-0.3, -0.25) is 0 Å². The van der Waals surface area contributed by atoms with E-state index >= 15 is 0 Å². The van der Waals surface area contributed by atoms with Crippen molar-refractivity contribution in [1.29, 1.82) is 0 Å². The first-order valence-corrected chi connectivity index (χ1v) is 6.38. The number of phenols is 1. The zero-order valence-electron chi connectivity index (χ0n) is 10.2. The summed E-state index contributed by atoms with van der Waals surface area (Å²) in [6.07, 6.45) is 0. The summed E-state index contributed by atoms with van der Waals surface area (Å²) in [6, 6.07) is 11.9. The maximum atomic E-state index is 9.18. The molecule has 19 heavy (non-hydrogen) atoms. The minimum Gasteiger partial charge on any atom is -0.508 e. The molecular weight excluding hydrogens is 282 g/mol. The standard InChI is InChI=1S/C14H12ClNO2S/c1-9-3-2-4-12(15)13(9)16-14(19)18-11-7-5-10(17)6-8-11/h2-8,17H,1H3,(H,16,19). The van der Waals surface area contributed by atoms with Crippen molar-refractivity contribution < 1.29 is 9.84 Å². The fraction of sp³-hybridized carbons (Fsp3) is 0.0714. The monoisotopic (exact) mass is 293 g/mol. The quantitative estimate of drug-likeness (QED) is 0.817. The molecule has 2 aromatic rings. The van der Waals surface area contributed by atoms with Crippen LogP contribution in [0.1, 0.15) is 5.56 Å². The van der Waals surface area contributed by atoms with Crippen LogP contribution in [0.4, 0.5) is 5.69 Å². The highest BCUT2D eigenvalue weighted by molar-refractivity contribution is 7.80. The number of halogens is 1. The number of thiocarbonyl (C=S) groups is 1. The molecule has 0 atom stereocenters. The Labute approximate surface area is 121 Å². The van der Waals surface area contributed by atoms with E-state index in [1.54, 1.807) is 18.2 Å². The lowest BCUT2D eigenvalue weighted by Crippen LogP contribution is -2.17. The highest BCUT2D eigenvalue weighted by atomic mass is 35.5.